The summed E-state index contributed by atoms with van der Waals surface area (Å²) in [7, 11) is 4.03. The highest BCUT2D eigenvalue weighted by molar-refractivity contribution is 5.86. The Bertz CT molecular complexity index is 503. The normalized spacial score (nSPS) is 17.4. The van der Waals surface area contributed by atoms with E-state index in [4.69, 9.17) is 10.5 Å². The van der Waals surface area contributed by atoms with E-state index in [-0.39, 0.29) is 36.8 Å². The number of nitrogens with two attached hydrogens (primary N) is 1. The van der Waals surface area contributed by atoms with Crippen LogP contribution >= 0.6 is 24.8 Å². The van der Waals surface area contributed by atoms with Crippen molar-refractivity contribution in [1.82, 2.24) is 10.2 Å². The smallest absolute Gasteiger partial charge is 0.240 e. The van der Waals surface area contributed by atoms with E-state index in [1.807, 2.05) is 14.1 Å². The number of nitrogens with one attached hydrogen (secondary N) is 1. The lowest BCUT2D eigenvalue weighted by molar-refractivity contribution is -0.130. The summed E-state index contributed by atoms with van der Waals surface area (Å²) in [6.07, 6.45) is 1.16. The fraction of sp³-hybridized carbons (Fsp3) is 0.588. The van der Waals surface area contributed by atoms with Crippen LogP contribution in [0.4, 0.5) is 0 Å². The molecule has 0 radical (unpaired) electrons. The maximum absolute atomic E-state index is 12.4. The molecule has 1 amide bonds. The Morgan fingerprint density at radius 1 is 1.25 bits per heavy atom. The van der Waals surface area contributed by atoms with E-state index in [0.717, 1.165) is 0 Å². The predicted molar refractivity (Wildman–Crippen MR) is 102 cm³/mol. The standard InChI is InChI=1S/C17H27N3O2.2ClH/c1-13-4-6-14(7-5-13)15(20(2)3)12-19-16(21)17(18)8-10-22-11-9-17;;/h4-7,15H,8-12,18H2,1-3H3,(H,19,21);2*1H. The highest BCUT2D eigenvalue weighted by Gasteiger charge is 2.36. The average Bonchev–Trinajstić information content (AvgIpc) is 2.49. The van der Waals surface area contributed by atoms with Gasteiger partial charge in [-0.2, -0.15) is 0 Å². The molecule has 1 aromatic carbocycles. The first-order chi connectivity index (χ1) is 10.4. The molecule has 0 bridgehead atoms. The van der Waals surface area contributed by atoms with Gasteiger partial charge in [-0.05, 0) is 39.4 Å². The minimum atomic E-state index is -0.789. The summed E-state index contributed by atoms with van der Waals surface area (Å²) < 4.78 is 5.29. The molecule has 1 aliphatic heterocycles. The van der Waals surface area contributed by atoms with Crippen LogP contribution in [0.1, 0.15) is 30.0 Å². The summed E-state index contributed by atoms with van der Waals surface area (Å²) in [6, 6.07) is 8.54. The van der Waals surface area contributed by atoms with Gasteiger partial charge in [-0.15, -0.1) is 24.8 Å². The predicted octanol–water partition coefficient (Wildman–Crippen LogP) is 2.07. The molecule has 2 rings (SSSR count). The summed E-state index contributed by atoms with van der Waals surface area (Å²) in [5.74, 6) is -0.0743. The number of rotatable bonds is 5. The molecule has 1 aliphatic rings. The van der Waals surface area contributed by atoms with Crippen LogP contribution in [0.2, 0.25) is 0 Å². The third-order valence-corrected chi connectivity index (χ3v) is 4.38. The number of likely N-dealkylation sites (N-methyl/N-ethyl adjacent to an activating group) is 1. The van der Waals surface area contributed by atoms with Crippen LogP contribution in [0.3, 0.4) is 0 Å². The molecular weight excluding hydrogens is 349 g/mol. The molecule has 7 heteroatoms. The van der Waals surface area contributed by atoms with Crippen molar-refractivity contribution in [2.75, 3.05) is 33.9 Å². The lowest BCUT2D eigenvalue weighted by Gasteiger charge is -2.33. The van der Waals surface area contributed by atoms with E-state index < -0.39 is 5.54 Å². The Kier molecular flexibility index (Phi) is 9.85. The number of hydrogen-bond donors (Lipinski definition) is 2. The number of benzene rings is 1. The Labute approximate surface area is 157 Å². The van der Waals surface area contributed by atoms with E-state index >= 15 is 0 Å². The second-order valence-corrected chi connectivity index (χ2v) is 6.37. The Morgan fingerprint density at radius 3 is 2.29 bits per heavy atom. The minimum Gasteiger partial charge on any atom is -0.381 e. The molecule has 1 heterocycles. The van der Waals surface area contributed by atoms with Crippen molar-refractivity contribution in [1.29, 1.82) is 0 Å². The van der Waals surface area contributed by atoms with Gasteiger partial charge >= 0.3 is 0 Å². The van der Waals surface area contributed by atoms with Gasteiger partial charge in [0, 0.05) is 19.8 Å². The van der Waals surface area contributed by atoms with Gasteiger partial charge in [0.05, 0.1) is 11.6 Å². The van der Waals surface area contributed by atoms with Crippen molar-refractivity contribution in [3.05, 3.63) is 35.4 Å². The van der Waals surface area contributed by atoms with Crippen LogP contribution in [0.5, 0.6) is 0 Å². The van der Waals surface area contributed by atoms with E-state index in [9.17, 15) is 4.79 Å². The first kappa shape index (κ1) is 23.1. The van der Waals surface area contributed by atoms with Crippen molar-refractivity contribution >= 4 is 30.7 Å². The molecule has 24 heavy (non-hydrogen) atoms. The Hall–Kier alpha value is -0.850. The summed E-state index contributed by atoms with van der Waals surface area (Å²) >= 11 is 0. The fourth-order valence-corrected chi connectivity index (χ4v) is 2.72. The highest BCUT2D eigenvalue weighted by atomic mass is 35.5. The maximum atomic E-state index is 12.4. The van der Waals surface area contributed by atoms with Crippen LogP contribution in [0, 0.1) is 6.92 Å². The van der Waals surface area contributed by atoms with Gasteiger partial charge < -0.3 is 20.7 Å². The van der Waals surface area contributed by atoms with Crippen LogP contribution in [-0.4, -0.2) is 50.2 Å². The Balaban J connectivity index is 0.00000264. The van der Waals surface area contributed by atoms with Crippen molar-refractivity contribution in [3.63, 3.8) is 0 Å². The zero-order valence-corrected chi connectivity index (χ0v) is 16.2. The summed E-state index contributed by atoms with van der Waals surface area (Å²) in [5, 5.41) is 3.03. The minimum absolute atomic E-state index is 0. The third-order valence-electron chi connectivity index (χ3n) is 4.38. The zero-order chi connectivity index (χ0) is 16.2. The van der Waals surface area contributed by atoms with Crippen molar-refractivity contribution in [3.8, 4) is 0 Å². The van der Waals surface area contributed by atoms with Crippen molar-refractivity contribution < 1.29 is 9.53 Å². The van der Waals surface area contributed by atoms with Gasteiger partial charge in [0.25, 0.3) is 0 Å². The molecule has 0 spiro atoms. The third kappa shape index (κ3) is 5.90. The van der Waals surface area contributed by atoms with E-state index in [1.165, 1.54) is 11.1 Å². The number of carbonyl (C=O) groups is 1. The molecule has 1 atom stereocenters. The van der Waals surface area contributed by atoms with Gasteiger partial charge in [0.2, 0.25) is 5.91 Å². The molecule has 138 valence electrons. The summed E-state index contributed by atoms with van der Waals surface area (Å²) in [6.45, 7) is 3.73. The lowest BCUT2D eigenvalue weighted by Crippen LogP contribution is -2.57. The number of hydrogen-bond acceptors (Lipinski definition) is 4. The van der Waals surface area contributed by atoms with Crippen LogP contribution in [0.15, 0.2) is 24.3 Å². The fourth-order valence-electron chi connectivity index (χ4n) is 2.72. The molecular formula is C17H29Cl2N3O2. The first-order valence-electron chi connectivity index (χ1n) is 7.80. The molecule has 1 unspecified atom stereocenters. The highest BCUT2D eigenvalue weighted by Crippen LogP contribution is 2.20. The number of halogens is 2. The molecule has 1 saturated heterocycles. The van der Waals surface area contributed by atoms with Crippen LogP contribution in [0.25, 0.3) is 0 Å². The summed E-state index contributed by atoms with van der Waals surface area (Å²) in [4.78, 5) is 14.5. The lowest BCUT2D eigenvalue weighted by atomic mass is 9.90. The van der Waals surface area contributed by atoms with Gasteiger partial charge in [-0.1, -0.05) is 29.8 Å². The van der Waals surface area contributed by atoms with Gasteiger partial charge in [0.1, 0.15) is 0 Å². The topological polar surface area (TPSA) is 67.6 Å². The molecule has 1 fully saturated rings. The van der Waals surface area contributed by atoms with E-state index in [0.29, 0.717) is 32.6 Å². The number of nitrogens with zero attached hydrogens (tertiary/aromatic N) is 1. The number of amides is 1. The monoisotopic (exact) mass is 377 g/mol. The molecule has 3 N–H and O–H groups in total. The average molecular weight is 378 g/mol. The second-order valence-electron chi connectivity index (χ2n) is 6.37. The SMILES string of the molecule is Cc1ccc(C(CNC(=O)C2(N)CCOCC2)N(C)C)cc1.Cl.Cl. The van der Waals surface area contributed by atoms with Crippen molar-refractivity contribution in [2.45, 2.75) is 31.3 Å². The second kappa shape index (κ2) is 10.2. The van der Waals surface area contributed by atoms with Gasteiger partial charge in [-0.3, -0.25) is 4.79 Å². The molecule has 0 saturated carbocycles. The molecule has 0 aromatic heterocycles. The van der Waals surface area contributed by atoms with Gasteiger partial charge in [0.15, 0.2) is 0 Å². The van der Waals surface area contributed by atoms with Crippen LogP contribution < -0.4 is 11.1 Å². The summed E-state index contributed by atoms with van der Waals surface area (Å²) in [5.41, 5.74) is 7.85. The molecule has 0 aliphatic carbocycles. The van der Waals surface area contributed by atoms with Crippen LogP contribution in [-0.2, 0) is 9.53 Å². The zero-order valence-electron chi connectivity index (χ0n) is 14.6. The number of aryl methyl sites for hydroxylation is 1. The number of ether oxygens (including phenoxy) is 1. The van der Waals surface area contributed by atoms with Crippen molar-refractivity contribution in [2.24, 2.45) is 5.73 Å². The maximum Gasteiger partial charge on any atom is 0.240 e. The largest absolute Gasteiger partial charge is 0.381 e. The quantitative estimate of drug-likeness (QED) is 0.823. The number of carbonyl (C=O) groups excluding carboxylic acids is 1. The molecule has 1 aromatic rings. The first-order valence-corrected chi connectivity index (χ1v) is 7.80. The van der Waals surface area contributed by atoms with E-state index in [1.54, 1.807) is 0 Å². The Morgan fingerprint density at radius 2 is 1.79 bits per heavy atom. The molecule has 5 nitrogen and oxygen atoms in total. The van der Waals surface area contributed by atoms with E-state index in [2.05, 4.69) is 41.4 Å². The van der Waals surface area contributed by atoms with Gasteiger partial charge in [-0.25, -0.2) is 0 Å².